The molecule has 0 spiro atoms. The van der Waals surface area contributed by atoms with Gasteiger partial charge >= 0.3 is 13.3 Å². The predicted molar refractivity (Wildman–Crippen MR) is 81.7 cm³/mol. The maximum atomic E-state index is 12.8. The first-order valence-electron chi connectivity index (χ1n) is 6.70. The fraction of sp³-hybridized carbons (Fsp3) is 0.533. The first-order valence-corrected chi connectivity index (χ1v) is 8.25. The van der Waals surface area contributed by atoms with Crippen molar-refractivity contribution in [1.29, 1.82) is 0 Å². The topological polar surface area (TPSA) is 61.8 Å². The summed E-state index contributed by atoms with van der Waals surface area (Å²) >= 11 is 0. The number of benzene rings is 1. The van der Waals surface area contributed by atoms with Crippen molar-refractivity contribution in [2.24, 2.45) is 0 Å². The Labute approximate surface area is 126 Å². The monoisotopic (exact) mass is 314 g/mol. The van der Waals surface area contributed by atoms with Gasteiger partial charge in [-0.25, -0.2) is 9.36 Å². The van der Waals surface area contributed by atoms with Gasteiger partial charge in [-0.15, -0.1) is 0 Å². The maximum absolute atomic E-state index is 12.8. The van der Waals surface area contributed by atoms with E-state index in [4.69, 9.17) is 13.8 Å². The average Bonchev–Trinajstić information content (AvgIpc) is 2.24. The normalized spacial score (nSPS) is 13.0. The third-order valence-corrected chi connectivity index (χ3v) is 4.07. The molecule has 0 amide bonds. The molecule has 0 unspecified atom stereocenters. The molecule has 6 heteroatoms. The van der Waals surface area contributed by atoms with E-state index < -0.39 is 24.5 Å². The lowest BCUT2D eigenvalue weighted by molar-refractivity contribution is 0.0492. The van der Waals surface area contributed by atoms with Crippen LogP contribution in [0.15, 0.2) is 30.3 Å². The van der Waals surface area contributed by atoms with Crippen LogP contribution in [0.25, 0.3) is 0 Å². The third kappa shape index (κ3) is 6.42. The summed E-state index contributed by atoms with van der Waals surface area (Å²) in [5.74, 6) is 0.290. The zero-order valence-corrected chi connectivity index (χ0v) is 14.3. The number of hydrogen-bond acceptors (Lipinski definition) is 5. The molecule has 0 aliphatic rings. The van der Waals surface area contributed by atoms with E-state index in [1.807, 2.05) is 0 Å². The van der Waals surface area contributed by atoms with Crippen molar-refractivity contribution in [2.75, 3.05) is 0 Å². The lowest BCUT2D eigenvalue weighted by Gasteiger charge is -2.30. The van der Waals surface area contributed by atoms with Crippen LogP contribution in [-0.4, -0.2) is 16.9 Å². The van der Waals surface area contributed by atoms with Gasteiger partial charge in [0.05, 0.1) is 11.2 Å². The number of carbonyl (C=O) groups is 1. The zero-order valence-electron chi connectivity index (χ0n) is 13.4. The van der Waals surface area contributed by atoms with Crippen LogP contribution in [0.4, 0.5) is 4.79 Å². The molecule has 0 bridgehead atoms. The minimum Gasteiger partial charge on any atom is -0.417 e. The number of hydrogen-bond donors (Lipinski definition) is 0. The maximum Gasteiger partial charge on any atom is 0.439 e. The van der Waals surface area contributed by atoms with Crippen LogP contribution in [0.5, 0.6) is 5.75 Å². The largest absolute Gasteiger partial charge is 0.439 e. The van der Waals surface area contributed by atoms with Crippen LogP contribution in [0.1, 0.15) is 41.5 Å². The minimum atomic E-state index is -4.08. The second-order valence-corrected chi connectivity index (χ2v) is 8.31. The highest BCUT2D eigenvalue weighted by Gasteiger charge is 2.44. The molecule has 0 aromatic heterocycles. The van der Waals surface area contributed by atoms with E-state index in [-0.39, 0.29) is 5.75 Å². The molecule has 1 aromatic rings. The first-order chi connectivity index (χ1) is 9.41. The van der Waals surface area contributed by atoms with E-state index in [9.17, 15) is 9.36 Å². The summed E-state index contributed by atoms with van der Waals surface area (Å²) in [5, 5.41) is 0. The number of carbonyl (C=O) groups excluding carboxylic acids is 1. The van der Waals surface area contributed by atoms with Gasteiger partial charge in [0.1, 0.15) is 5.75 Å². The van der Waals surface area contributed by atoms with E-state index >= 15 is 0 Å². The van der Waals surface area contributed by atoms with Gasteiger partial charge in [-0.05, 0) is 53.7 Å². The van der Waals surface area contributed by atoms with Gasteiger partial charge in [0.15, 0.2) is 0 Å². The lowest BCUT2D eigenvalue weighted by Crippen LogP contribution is -2.27. The Kier molecular flexibility index (Phi) is 5.37. The molecule has 0 N–H and O–H groups in total. The van der Waals surface area contributed by atoms with Crippen LogP contribution in [0, 0.1) is 0 Å². The average molecular weight is 314 g/mol. The van der Waals surface area contributed by atoms with Crippen LogP contribution < -0.4 is 4.74 Å². The van der Waals surface area contributed by atoms with Crippen LogP contribution in [-0.2, 0) is 13.6 Å². The summed E-state index contributed by atoms with van der Waals surface area (Å²) in [5.41, 5.74) is -2.63. The van der Waals surface area contributed by atoms with Gasteiger partial charge < -0.3 is 4.74 Å². The van der Waals surface area contributed by atoms with Crippen molar-refractivity contribution in [2.45, 2.75) is 52.7 Å². The summed E-state index contributed by atoms with van der Waals surface area (Å²) in [6.07, 6.45) is 0. The molecule has 1 rings (SSSR count). The predicted octanol–water partition coefficient (Wildman–Crippen LogP) is 5.01. The van der Waals surface area contributed by atoms with Crippen LogP contribution in [0.3, 0.4) is 0 Å². The molecule has 0 aliphatic carbocycles. The zero-order chi connectivity index (χ0) is 16.3. The Hall–Kier alpha value is -1.16. The van der Waals surface area contributed by atoms with E-state index in [0.29, 0.717) is 0 Å². The van der Waals surface area contributed by atoms with Gasteiger partial charge in [-0.1, -0.05) is 18.2 Å². The number of rotatable bonds is 4. The Balaban J connectivity index is 3.01. The van der Waals surface area contributed by atoms with E-state index in [1.54, 1.807) is 71.9 Å². The molecule has 0 fully saturated rings. The number of para-hydroxylation sites is 1. The summed E-state index contributed by atoms with van der Waals surface area (Å²) in [7, 11) is -4.08. The van der Waals surface area contributed by atoms with Crippen molar-refractivity contribution in [3.05, 3.63) is 30.3 Å². The Morgan fingerprint density at radius 2 is 1.33 bits per heavy atom. The van der Waals surface area contributed by atoms with Crippen molar-refractivity contribution in [3.8, 4) is 5.75 Å². The molecule has 5 nitrogen and oxygen atoms in total. The minimum absolute atomic E-state index is 0.290. The summed E-state index contributed by atoms with van der Waals surface area (Å²) in [6, 6.07) is 8.40. The molecule has 0 atom stereocenters. The van der Waals surface area contributed by atoms with Crippen molar-refractivity contribution in [3.63, 3.8) is 0 Å². The molecule has 0 heterocycles. The smallest absolute Gasteiger partial charge is 0.417 e. The Morgan fingerprint density at radius 3 is 1.71 bits per heavy atom. The molecule has 21 heavy (non-hydrogen) atoms. The molecule has 0 saturated heterocycles. The van der Waals surface area contributed by atoms with Crippen LogP contribution >= 0.6 is 7.60 Å². The summed E-state index contributed by atoms with van der Waals surface area (Å²) < 4.78 is 28.7. The first kappa shape index (κ1) is 17.9. The van der Waals surface area contributed by atoms with Gasteiger partial charge in [-0.2, -0.15) is 0 Å². The fourth-order valence-corrected chi connectivity index (χ4v) is 3.31. The van der Waals surface area contributed by atoms with Gasteiger partial charge in [0.25, 0.3) is 0 Å². The SMILES string of the molecule is CC(C)(C)OP(=O)(OC(C)(C)C)C(=O)Oc1ccccc1. The summed E-state index contributed by atoms with van der Waals surface area (Å²) in [6.45, 7) is 10.2. The fourth-order valence-electron chi connectivity index (χ4n) is 1.46. The van der Waals surface area contributed by atoms with Crippen molar-refractivity contribution < 1.29 is 23.1 Å². The second-order valence-electron chi connectivity index (χ2n) is 6.59. The Bertz CT molecular complexity index is 505. The van der Waals surface area contributed by atoms with E-state index in [2.05, 4.69) is 0 Å². The molecule has 118 valence electrons. The third-order valence-electron chi connectivity index (χ3n) is 1.96. The molecule has 0 saturated carbocycles. The Morgan fingerprint density at radius 1 is 0.905 bits per heavy atom. The van der Waals surface area contributed by atoms with E-state index in [0.717, 1.165) is 0 Å². The second kappa shape index (κ2) is 6.30. The number of ether oxygens (including phenoxy) is 1. The molecular weight excluding hydrogens is 291 g/mol. The van der Waals surface area contributed by atoms with Gasteiger partial charge in [-0.3, -0.25) is 9.05 Å². The van der Waals surface area contributed by atoms with E-state index in [1.165, 1.54) is 0 Å². The molecular formula is C15H23O5P. The highest BCUT2D eigenvalue weighted by atomic mass is 31.2. The highest BCUT2D eigenvalue weighted by Crippen LogP contribution is 2.55. The molecule has 0 aliphatic heterocycles. The standard InChI is InChI=1S/C15H23O5P/c1-14(2,3)19-21(17,20-15(4,5)6)13(16)18-12-10-8-7-9-11-12/h7-11H,1-6H3. The lowest BCUT2D eigenvalue weighted by atomic mass is 10.2. The summed E-state index contributed by atoms with van der Waals surface area (Å²) in [4.78, 5) is 12.3. The highest BCUT2D eigenvalue weighted by molar-refractivity contribution is 7.71. The molecule has 0 radical (unpaired) electrons. The van der Waals surface area contributed by atoms with Gasteiger partial charge in [0, 0.05) is 0 Å². The quantitative estimate of drug-likeness (QED) is 0.731. The van der Waals surface area contributed by atoms with Crippen molar-refractivity contribution >= 4 is 13.3 Å². The van der Waals surface area contributed by atoms with Crippen molar-refractivity contribution in [1.82, 2.24) is 0 Å². The van der Waals surface area contributed by atoms with Crippen LogP contribution in [0.2, 0.25) is 0 Å². The van der Waals surface area contributed by atoms with Gasteiger partial charge in [0.2, 0.25) is 0 Å². The molecule has 1 aromatic carbocycles.